The minimum atomic E-state index is 0. The van der Waals surface area contributed by atoms with Crippen LogP contribution < -0.4 is 0 Å². The van der Waals surface area contributed by atoms with Gasteiger partial charge in [-0.25, -0.2) is 0 Å². The van der Waals surface area contributed by atoms with Crippen LogP contribution in [0, 0.1) is 0 Å². The van der Waals surface area contributed by atoms with Gasteiger partial charge in [-0.05, 0) is 0 Å². The first kappa shape index (κ1) is 17.7. The van der Waals surface area contributed by atoms with Crippen LogP contribution in [0.1, 0.15) is 0 Å². The molecule has 0 aliphatic carbocycles. The second-order valence-electron chi connectivity index (χ2n) is 0. The van der Waals surface area contributed by atoms with E-state index in [1.807, 2.05) is 0 Å². The van der Waals surface area contributed by atoms with Gasteiger partial charge in [0.15, 0.2) is 0 Å². The van der Waals surface area contributed by atoms with Gasteiger partial charge in [-0.1, -0.05) is 0 Å². The molecule has 19 valence electrons. The first-order valence-electron chi connectivity index (χ1n) is 0.204. The van der Waals surface area contributed by atoms with Gasteiger partial charge in [-0.15, -0.1) is 0 Å². The second-order valence-corrected chi connectivity index (χ2v) is 0. The van der Waals surface area contributed by atoms with E-state index in [1.165, 1.54) is 0 Å². The molecule has 0 atom stereocenters. The molecule has 0 amide bonds. The molecule has 0 aromatic carbocycles. The summed E-state index contributed by atoms with van der Waals surface area (Å²) in [5.41, 5.74) is 0. The van der Waals surface area contributed by atoms with Crippen LogP contribution in [0.4, 0.5) is 0 Å². The van der Waals surface area contributed by atoms with Gasteiger partial charge >= 0.3 is 25.6 Å². The van der Waals surface area contributed by atoms with E-state index in [0.717, 1.165) is 0 Å². The van der Waals surface area contributed by atoms with Crippen LogP contribution in [0.15, 0.2) is 0 Å². The third-order valence-corrected chi connectivity index (χ3v) is 0. The van der Waals surface area contributed by atoms with Crippen LogP contribution >= 0.6 is 13.5 Å². The summed E-state index contributed by atoms with van der Waals surface area (Å²) in [5, 5.41) is 0. The van der Waals surface area contributed by atoms with Gasteiger partial charge in [0.1, 0.15) is 0 Å². The average Bonchev–Trinajstić information content (AvgIpc) is 1.00. The predicted octanol–water partition coefficient (Wildman–Crippen LogP) is -0.768. The van der Waals surface area contributed by atoms with Crippen LogP contribution in [0.5, 0.6) is 0 Å². The van der Waals surface area contributed by atoms with Crippen molar-refractivity contribution in [1.82, 2.24) is 0 Å². The Morgan fingerprint density at radius 1 is 1.25 bits per heavy atom. The standard InChI is InChI=1S/Li.O.H2S.Sn/h;;1H2;. The first-order chi connectivity index (χ1) is 1.00. The Hall–Kier alpha value is 1.55. The zero-order valence-electron chi connectivity index (χ0n) is 2.41. The third-order valence-electron chi connectivity index (χ3n) is 0. The van der Waals surface area contributed by atoms with Crippen molar-refractivity contribution in [3.8, 4) is 0 Å². The van der Waals surface area contributed by atoms with Crippen molar-refractivity contribution in [3.63, 3.8) is 0 Å². The second kappa shape index (κ2) is 23.9. The summed E-state index contributed by atoms with van der Waals surface area (Å²) in [7, 11) is 0. The van der Waals surface area contributed by atoms with E-state index in [4.69, 9.17) is 3.08 Å². The fourth-order valence-electron chi connectivity index (χ4n) is 0. The molecule has 0 aliphatic rings. The quantitative estimate of drug-likeness (QED) is 0.443. The monoisotopic (exact) mass is 177 g/mol. The van der Waals surface area contributed by atoms with E-state index in [0.29, 0.717) is 22.5 Å². The number of hydrogen-bond donors (Lipinski definition) is 0. The number of hydrogen-bond acceptors (Lipinski definition) is 1. The van der Waals surface area contributed by atoms with Crippen molar-refractivity contribution >= 4 is 54.9 Å². The van der Waals surface area contributed by atoms with Crippen molar-refractivity contribution in [2.24, 2.45) is 0 Å². The van der Waals surface area contributed by atoms with Crippen LogP contribution in [0.2, 0.25) is 0 Å². The molecule has 0 rings (SSSR count). The molecular formula is H2LiOSSn. The summed E-state index contributed by atoms with van der Waals surface area (Å²) in [4.78, 5) is 0. The molecule has 4 heavy (non-hydrogen) atoms. The van der Waals surface area contributed by atoms with E-state index in [1.54, 1.807) is 0 Å². The maximum absolute atomic E-state index is 8.34. The molecular weight excluding hydrogens is 174 g/mol. The molecule has 3 radical (unpaired) electrons. The Labute approximate surface area is 57.6 Å². The van der Waals surface area contributed by atoms with Crippen molar-refractivity contribution in [2.75, 3.05) is 0 Å². The molecule has 0 unspecified atom stereocenters. The molecule has 0 heterocycles. The van der Waals surface area contributed by atoms with Crippen LogP contribution in [0.25, 0.3) is 0 Å². The maximum atomic E-state index is 8.34. The molecule has 0 N–H and O–H groups in total. The first-order valence-corrected chi connectivity index (χ1v) is 1.37. The minimum absolute atomic E-state index is 0. The molecule has 0 aliphatic heterocycles. The topological polar surface area (TPSA) is 17.1 Å². The van der Waals surface area contributed by atoms with Gasteiger partial charge in [-0.3, -0.25) is 0 Å². The van der Waals surface area contributed by atoms with Gasteiger partial charge in [0.05, 0.1) is 0 Å². The SMILES string of the molecule is S.[Li].[O]=[Sn]. The van der Waals surface area contributed by atoms with Gasteiger partial charge in [0, 0.05) is 18.9 Å². The Morgan fingerprint density at radius 2 is 1.25 bits per heavy atom. The van der Waals surface area contributed by atoms with Crippen molar-refractivity contribution < 1.29 is 3.08 Å². The van der Waals surface area contributed by atoms with Gasteiger partial charge in [-0.2, -0.15) is 13.5 Å². The van der Waals surface area contributed by atoms with Crippen molar-refractivity contribution in [3.05, 3.63) is 0 Å². The molecule has 0 fully saturated rings. The Bertz CT molecular complexity index is 8.00. The van der Waals surface area contributed by atoms with E-state index in [-0.39, 0.29) is 32.4 Å². The van der Waals surface area contributed by atoms with Crippen molar-refractivity contribution in [1.29, 1.82) is 0 Å². The Kier molecular flexibility index (Phi) is 106. The summed E-state index contributed by atoms with van der Waals surface area (Å²) in [6, 6.07) is 0. The normalized spacial score (nSPS) is 1.00. The molecule has 0 saturated heterocycles. The van der Waals surface area contributed by atoms with Crippen LogP contribution in [-0.4, -0.2) is 41.4 Å². The van der Waals surface area contributed by atoms with Gasteiger partial charge < -0.3 is 0 Å². The fourth-order valence-corrected chi connectivity index (χ4v) is 0. The van der Waals surface area contributed by atoms with Crippen LogP contribution in [0.3, 0.4) is 0 Å². The molecule has 0 spiro atoms. The van der Waals surface area contributed by atoms with Gasteiger partial charge in [0.2, 0.25) is 0 Å². The Morgan fingerprint density at radius 3 is 1.25 bits per heavy atom. The average molecular weight is 176 g/mol. The van der Waals surface area contributed by atoms with E-state index < -0.39 is 0 Å². The fraction of sp³-hybridized carbons (Fsp3) is 0. The van der Waals surface area contributed by atoms with Crippen LogP contribution in [-0.2, 0) is 3.08 Å². The van der Waals surface area contributed by atoms with Gasteiger partial charge in [0.25, 0.3) is 0 Å². The molecule has 0 bridgehead atoms. The zero-order chi connectivity index (χ0) is 2.00. The summed E-state index contributed by atoms with van der Waals surface area (Å²) < 4.78 is 8.34. The third kappa shape index (κ3) is 9.62. The molecule has 0 saturated carbocycles. The molecule has 4 heteroatoms. The predicted molar refractivity (Wildman–Crippen MR) is 22.6 cm³/mol. The number of rotatable bonds is 0. The van der Waals surface area contributed by atoms with E-state index in [2.05, 4.69) is 0 Å². The molecule has 1 nitrogen and oxygen atoms in total. The summed E-state index contributed by atoms with van der Waals surface area (Å²) in [5.74, 6) is 0. The summed E-state index contributed by atoms with van der Waals surface area (Å²) in [6.07, 6.45) is 0. The summed E-state index contributed by atoms with van der Waals surface area (Å²) >= 11 is 0.300. The molecule has 0 aromatic rings. The van der Waals surface area contributed by atoms with E-state index >= 15 is 0 Å². The van der Waals surface area contributed by atoms with Crippen molar-refractivity contribution in [2.45, 2.75) is 0 Å². The summed E-state index contributed by atoms with van der Waals surface area (Å²) in [6.45, 7) is 0. The van der Waals surface area contributed by atoms with E-state index in [9.17, 15) is 0 Å². The molecule has 0 aromatic heterocycles. The zero-order valence-corrected chi connectivity index (χ0v) is 6.26. The Balaban J connectivity index is -0.00000000500.